The molecule has 0 fully saturated rings. The van der Waals surface area contributed by atoms with Crippen molar-refractivity contribution < 1.29 is 4.43 Å². The monoisotopic (exact) mass is 355 g/mol. The van der Waals surface area contributed by atoms with E-state index in [2.05, 4.69) is 39.8 Å². The van der Waals surface area contributed by atoms with Crippen molar-refractivity contribution in [1.29, 1.82) is 0 Å². The maximum atomic E-state index is 6.74. The average Bonchev–Trinajstić information content (AvgIpc) is 3.01. The van der Waals surface area contributed by atoms with E-state index in [-0.39, 0.29) is 0 Å². The Balaban J connectivity index is 2.65. The Bertz CT molecular complexity index is 349. The van der Waals surface area contributed by atoms with E-state index in [0.717, 1.165) is 12.4 Å². The van der Waals surface area contributed by atoms with E-state index in [1.807, 2.05) is 11.8 Å². The highest BCUT2D eigenvalue weighted by Gasteiger charge is 2.34. The van der Waals surface area contributed by atoms with E-state index in [1.165, 1.54) is 61.7 Å². The van der Waals surface area contributed by atoms with Gasteiger partial charge in [-0.2, -0.15) is 0 Å². The molecule has 1 aliphatic heterocycles. The lowest BCUT2D eigenvalue weighted by molar-refractivity contribution is 0.277. The third kappa shape index (κ3) is 8.04. The van der Waals surface area contributed by atoms with E-state index in [9.17, 15) is 0 Å². The molecule has 1 rings (SSSR count). The molecule has 0 N–H and O–H groups in total. The summed E-state index contributed by atoms with van der Waals surface area (Å²) in [5, 5.41) is 1.18. The zero-order valence-electron chi connectivity index (χ0n) is 15.8. The Kier molecular flexibility index (Phi) is 11.2. The number of allylic oxidation sites excluding steroid dienone is 1. The molecule has 0 bridgehead atoms. The summed E-state index contributed by atoms with van der Waals surface area (Å²) in [7, 11) is -1.56. The van der Waals surface area contributed by atoms with Gasteiger partial charge >= 0.3 is 0 Å². The lowest BCUT2D eigenvalue weighted by Crippen LogP contribution is -2.40. The number of unbranched alkanes of at least 4 members (excludes halogenated alkanes) is 3. The van der Waals surface area contributed by atoms with Crippen LogP contribution in [-0.2, 0) is 4.43 Å². The van der Waals surface area contributed by atoms with E-state index >= 15 is 0 Å². The van der Waals surface area contributed by atoms with E-state index in [0.29, 0.717) is 6.04 Å². The molecule has 1 atom stereocenters. The largest absolute Gasteiger partial charge is 0.415 e. The van der Waals surface area contributed by atoms with Gasteiger partial charge in [0.25, 0.3) is 0 Å². The van der Waals surface area contributed by atoms with Crippen LogP contribution in [0, 0.1) is 0 Å². The summed E-state index contributed by atoms with van der Waals surface area (Å²) in [6.45, 7) is 9.84. The predicted octanol–water partition coefficient (Wildman–Crippen LogP) is 6.44. The Morgan fingerprint density at radius 1 is 1.09 bits per heavy atom. The summed E-state index contributed by atoms with van der Waals surface area (Å²) in [6, 6.07) is 4.45. The van der Waals surface area contributed by atoms with E-state index < -0.39 is 8.32 Å². The minimum Gasteiger partial charge on any atom is -0.415 e. The maximum absolute atomic E-state index is 6.74. The third-order valence-electron chi connectivity index (χ3n) is 4.58. The van der Waals surface area contributed by atoms with Crippen molar-refractivity contribution in [3.8, 4) is 0 Å². The summed E-state index contributed by atoms with van der Waals surface area (Å²) in [5.74, 6) is 1.10. The minimum absolute atomic E-state index is 0.378. The standard InChI is InChI=1S/C19H37NOSSi/c1-5-9-13-23(14-10-6-2,15-11-7-3)21-16-18-17-22-19(20-18)12-8-4/h8,12,18H,5-7,9-11,13-17H2,1-4H3/b12-8+. The molecular formula is C19H37NOSSi. The molecule has 0 saturated heterocycles. The highest BCUT2D eigenvalue weighted by Crippen LogP contribution is 2.31. The summed E-state index contributed by atoms with van der Waals surface area (Å²) in [5.41, 5.74) is 0. The van der Waals surface area contributed by atoms with Crippen molar-refractivity contribution in [2.24, 2.45) is 4.99 Å². The summed E-state index contributed by atoms with van der Waals surface area (Å²) in [6.07, 6.45) is 12.1. The van der Waals surface area contributed by atoms with Crippen LogP contribution in [0.4, 0.5) is 0 Å². The van der Waals surface area contributed by atoms with Crippen molar-refractivity contribution >= 4 is 25.1 Å². The van der Waals surface area contributed by atoms with Crippen LogP contribution in [0.3, 0.4) is 0 Å². The van der Waals surface area contributed by atoms with Crippen LogP contribution in [0.1, 0.15) is 66.2 Å². The first-order valence-electron chi connectivity index (χ1n) is 9.67. The fraction of sp³-hybridized carbons (Fsp3) is 0.842. The van der Waals surface area contributed by atoms with Crippen molar-refractivity contribution in [3.05, 3.63) is 12.2 Å². The number of thioether (sulfide) groups is 1. The quantitative estimate of drug-likeness (QED) is 0.355. The third-order valence-corrected chi connectivity index (χ3v) is 10.2. The highest BCUT2D eigenvalue weighted by atomic mass is 32.2. The number of hydrogen-bond donors (Lipinski definition) is 0. The van der Waals surface area contributed by atoms with Gasteiger partial charge in [0.05, 0.1) is 17.7 Å². The van der Waals surface area contributed by atoms with Crippen LogP contribution in [0.2, 0.25) is 18.1 Å². The van der Waals surface area contributed by atoms with Crippen molar-refractivity contribution in [1.82, 2.24) is 0 Å². The molecule has 0 spiro atoms. The fourth-order valence-corrected chi connectivity index (χ4v) is 8.83. The summed E-state index contributed by atoms with van der Waals surface area (Å²) < 4.78 is 6.74. The first-order valence-corrected chi connectivity index (χ1v) is 13.2. The normalized spacial score (nSPS) is 18.8. The molecule has 23 heavy (non-hydrogen) atoms. The first-order chi connectivity index (χ1) is 11.2. The van der Waals surface area contributed by atoms with Crippen LogP contribution in [0.5, 0.6) is 0 Å². The summed E-state index contributed by atoms with van der Waals surface area (Å²) in [4.78, 5) is 4.81. The zero-order valence-corrected chi connectivity index (χ0v) is 17.6. The smallest absolute Gasteiger partial charge is 0.192 e. The number of aliphatic imine (C=N–C) groups is 1. The number of nitrogens with zero attached hydrogens (tertiary/aromatic N) is 1. The van der Waals surface area contributed by atoms with Gasteiger partial charge in [0.15, 0.2) is 8.32 Å². The molecular weight excluding hydrogens is 318 g/mol. The second kappa shape index (κ2) is 12.3. The molecule has 1 heterocycles. The number of rotatable bonds is 13. The molecule has 0 radical (unpaired) electrons. The first kappa shape index (κ1) is 21.0. The van der Waals surface area contributed by atoms with Gasteiger partial charge < -0.3 is 4.43 Å². The van der Waals surface area contributed by atoms with E-state index in [1.54, 1.807) is 0 Å². The van der Waals surface area contributed by atoms with Crippen LogP contribution >= 0.6 is 11.8 Å². The Labute approximate surface area is 149 Å². The molecule has 2 nitrogen and oxygen atoms in total. The molecule has 0 amide bonds. The van der Waals surface area contributed by atoms with Gasteiger partial charge in [-0.05, 0) is 31.1 Å². The zero-order chi connectivity index (χ0) is 17.0. The topological polar surface area (TPSA) is 21.6 Å². The molecule has 1 unspecified atom stereocenters. The lowest BCUT2D eigenvalue weighted by Gasteiger charge is -2.32. The van der Waals surface area contributed by atoms with Gasteiger partial charge in [0.2, 0.25) is 0 Å². The van der Waals surface area contributed by atoms with Crippen molar-refractivity contribution in [3.63, 3.8) is 0 Å². The Morgan fingerprint density at radius 2 is 1.65 bits per heavy atom. The minimum atomic E-state index is -1.56. The van der Waals surface area contributed by atoms with E-state index in [4.69, 9.17) is 9.42 Å². The van der Waals surface area contributed by atoms with Crippen molar-refractivity contribution in [2.45, 2.75) is 90.4 Å². The summed E-state index contributed by atoms with van der Waals surface area (Å²) >= 11 is 1.88. The van der Waals surface area contributed by atoms with Crippen LogP contribution in [-0.4, -0.2) is 31.8 Å². The van der Waals surface area contributed by atoms with Crippen LogP contribution < -0.4 is 0 Å². The second-order valence-electron chi connectivity index (χ2n) is 6.74. The lowest BCUT2D eigenvalue weighted by atomic mass is 10.4. The molecule has 0 saturated carbocycles. The molecule has 134 valence electrons. The maximum Gasteiger partial charge on any atom is 0.192 e. The Morgan fingerprint density at radius 3 is 2.13 bits per heavy atom. The average molecular weight is 356 g/mol. The predicted molar refractivity (Wildman–Crippen MR) is 109 cm³/mol. The molecule has 4 heteroatoms. The van der Waals surface area contributed by atoms with Gasteiger partial charge in [0, 0.05) is 5.75 Å². The molecule has 0 aliphatic carbocycles. The molecule has 0 aromatic heterocycles. The molecule has 0 aromatic rings. The van der Waals surface area contributed by atoms with Gasteiger partial charge in [0.1, 0.15) is 0 Å². The Hall–Kier alpha value is -0.0631. The second-order valence-corrected chi connectivity index (χ2v) is 11.9. The van der Waals surface area contributed by atoms with Crippen LogP contribution in [0.15, 0.2) is 17.1 Å². The molecule has 1 aliphatic rings. The van der Waals surface area contributed by atoms with Crippen molar-refractivity contribution in [2.75, 3.05) is 12.4 Å². The fourth-order valence-electron chi connectivity index (χ4n) is 3.12. The van der Waals surface area contributed by atoms with Crippen LogP contribution in [0.25, 0.3) is 0 Å². The SMILES string of the molecule is C/C=C/C1=NC(CO[Si](CCCC)(CCCC)CCCC)CS1. The number of hydrogen-bond acceptors (Lipinski definition) is 3. The molecule has 0 aromatic carbocycles. The van der Waals surface area contributed by atoms with Gasteiger partial charge in [-0.1, -0.05) is 65.4 Å². The van der Waals surface area contributed by atoms with Gasteiger partial charge in [-0.15, -0.1) is 11.8 Å². The highest BCUT2D eigenvalue weighted by molar-refractivity contribution is 8.14. The van der Waals surface area contributed by atoms with Gasteiger partial charge in [-0.25, -0.2) is 0 Å². The van der Waals surface area contributed by atoms with Gasteiger partial charge in [-0.3, -0.25) is 4.99 Å².